The molecule has 2 aromatic rings. The highest BCUT2D eigenvalue weighted by Gasteiger charge is 2.52. The normalized spacial score (nSPS) is 15.2. The van der Waals surface area contributed by atoms with E-state index < -0.39 is 5.41 Å². The fraction of sp³-hybridized carbons (Fsp3) is 0.278. The van der Waals surface area contributed by atoms with Gasteiger partial charge in [0.1, 0.15) is 0 Å². The average Bonchev–Trinajstić information content (AvgIpc) is 3.29. The van der Waals surface area contributed by atoms with Gasteiger partial charge in [0.25, 0.3) is 0 Å². The van der Waals surface area contributed by atoms with Crippen LogP contribution in [0.15, 0.2) is 48.5 Å². The molecule has 4 heteroatoms. The summed E-state index contributed by atoms with van der Waals surface area (Å²) >= 11 is 6.28. The number of rotatable bonds is 4. The topological polar surface area (TPSA) is 32.3 Å². The molecule has 3 nitrogen and oxygen atoms in total. The number of hydrogen-bond acceptors (Lipinski definition) is 2. The molecule has 0 aromatic heterocycles. The molecular formula is C18H19ClN2O. The van der Waals surface area contributed by atoms with Gasteiger partial charge in [0, 0.05) is 30.5 Å². The first kappa shape index (κ1) is 14.9. The molecule has 0 unspecified atom stereocenters. The molecule has 0 saturated heterocycles. The summed E-state index contributed by atoms with van der Waals surface area (Å²) in [4.78, 5) is 14.8. The van der Waals surface area contributed by atoms with Crippen molar-refractivity contribution < 1.29 is 4.79 Å². The number of carbonyl (C=O) groups excluding carboxylic acids is 1. The Morgan fingerprint density at radius 1 is 1.14 bits per heavy atom. The van der Waals surface area contributed by atoms with Crippen LogP contribution in [0.3, 0.4) is 0 Å². The Balaban J connectivity index is 1.83. The summed E-state index contributed by atoms with van der Waals surface area (Å²) in [5.74, 6) is 0.0245. The molecule has 114 valence electrons. The van der Waals surface area contributed by atoms with Crippen LogP contribution < -0.4 is 10.2 Å². The van der Waals surface area contributed by atoms with E-state index in [1.54, 1.807) is 0 Å². The zero-order chi connectivity index (χ0) is 15.7. The van der Waals surface area contributed by atoms with Crippen molar-refractivity contribution >= 4 is 28.9 Å². The smallest absolute Gasteiger partial charge is 0.235 e. The van der Waals surface area contributed by atoms with Crippen LogP contribution in [0.2, 0.25) is 5.02 Å². The van der Waals surface area contributed by atoms with E-state index in [0.717, 1.165) is 29.8 Å². The van der Waals surface area contributed by atoms with Crippen molar-refractivity contribution in [2.75, 3.05) is 24.3 Å². The molecule has 22 heavy (non-hydrogen) atoms. The fourth-order valence-corrected chi connectivity index (χ4v) is 3.02. The van der Waals surface area contributed by atoms with E-state index in [2.05, 4.69) is 5.32 Å². The lowest BCUT2D eigenvalue weighted by atomic mass is 9.95. The van der Waals surface area contributed by atoms with Gasteiger partial charge in [0.2, 0.25) is 5.91 Å². The largest absolute Gasteiger partial charge is 0.378 e. The zero-order valence-corrected chi connectivity index (χ0v) is 13.5. The molecule has 0 atom stereocenters. The highest BCUT2D eigenvalue weighted by atomic mass is 35.5. The van der Waals surface area contributed by atoms with Crippen LogP contribution in [0.25, 0.3) is 0 Å². The summed E-state index contributed by atoms with van der Waals surface area (Å²) in [5.41, 5.74) is 2.33. The van der Waals surface area contributed by atoms with Gasteiger partial charge in [-0.25, -0.2) is 0 Å². The number of hydrogen-bond donors (Lipinski definition) is 1. The number of nitrogens with one attached hydrogen (secondary N) is 1. The molecule has 3 rings (SSSR count). The summed E-state index contributed by atoms with van der Waals surface area (Å²) in [6.45, 7) is 0. The number of benzene rings is 2. The first-order chi connectivity index (χ1) is 10.5. The van der Waals surface area contributed by atoms with Gasteiger partial charge in [-0.05, 0) is 42.7 Å². The Morgan fingerprint density at radius 3 is 2.50 bits per heavy atom. The lowest BCUT2D eigenvalue weighted by molar-refractivity contribution is -0.118. The molecule has 0 bridgehead atoms. The highest BCUT2D eigenvalue weighted by Crippen LogP contribution is 2.51. The summed E-state index contributed by atoms with van der Waals surface area (Å²) in [5, 5.41) is 3.71. The van der Waals surface area contributed by atoms with Gasteiger partial charge < -0.3 is 10.2 Å². The van der Waals surface area contributed by atoms with Crippen molar-refractivity contribution in [2.45, 2.75) is 18.3 Å². The molecule has 1 amide bonds. The molecule has 1 saturated carbocycles. The van der Waals surface area contributed by atoms with Crippen molar-refractivity contribution in [2.24, 2.45) is 0 Å². The Bertz CT molecular complexity index is 708. The van der Waals surface area contributed by atoms with E-state index >= 15 is 0 Å². The monoisotopic (exact) mass is 314 g/mol. The van der Waals surface area contributed by atoms with Crippen molar-refractivity contribution in [1.29, 1.82) is 0 Å². The second-order valence-electron chi connectivity index (χ2n) is 5.96. The molecule has 1 aliphatic rings. The maximum atomic E-state index is 12.7. The van der Waals surface area contributed by atoms with Crippen LogP contribution in [0.4, 0.5) is 11.4 Å². The average molecular weight is 315 g/mol. The molecule has 2 aromatic carbocycles. The maximum Gasteiger partial charge on any atom is 0.235 e. The third-order valence-electron chi connectivity index (χ3n) is 4.19. The zero-order valence-electron chi connectivity index (χ0n) is 12.8. The van der Waals surface area contributed by atoms with Crippen LogP contribution >= 0.6 is 11.6 Å². The predicted octanol–water partition coefficient (Wildman–Crippen LogP) is 4.08. The van der Waals surface area contributed by atoms with Crippen molar-refractivity contribution in [3.05, 3.63) is 59.1 Å². The van der Waals surface area contributed by atoms with Crippen molar-refractivity contribution in [3.8, 4) is 0 Å². The number of halogens is 1. The van der Waals surface area contributed by atoms with Crippen molar-refractivity contribution in [1.82, 2.24) is 0 Å². The Hall–Kier alpha value is -2.00. The van der Waals surface area contributed by atoms with Gasteiger partial charge in [0.15, 0.2) is 0 Å². The van der Waals surface area contributed by atoms with E-state index in [-0.39, 0.29) is 5.91 Å². The van der Waals surface area contributed by atoms with Crippen LogP contribution in [0, 0.1) is 0 Å². The minimum absolute atomic E-state index is 0.0245. The quantitative estimate of drug-likeness (QED) is 0.922. The van der Waals surface area contributed by atoms with Gasteiger partial charge in [0.05, 0.1) is 5.41 Å². The minimum atomic E-state index is -0.466. The predicted molar refractivity (Wildman–Crippen MR) is 91.8 cm³/mol. The molecule has 0 spiro atoms. The number of carbonyl (C=O) groups is 1. The SMILES string of the molecule is CN(C)c1cccc(NC(=O)C2(c3ccccc3Cl)CC2)c1. The van der Waals surface area contributed by atoms with E-state index in [1.807, 2.05) is 67.5 Å². The van der Waals surface area contributed by atoms with E-state index in [1.165, 1.54) is 0 Å². The van der Waals surface area contributed by atoms with Crippen LogP contribution in [-0.2, 0) is 10.2 Å². The second-order valence-corrected chi connectivity index (χ2v) is 6.37. The number of anilines is 2. The molecule has 0 heterocycles. The highest BCUT2D eigenvalue weighted by molar-refractivity contribution is 6.32. The van der Waals surface area contributed by atoms with Gasteiger partial charge in [-0.3, -0.25) is 4.79 Å². The fourth-order valence-electron chi connectivity index (χ4n) is 2.71. The lowest BCUT2D eigenvalue weighted by Gasteiger charge is -2.18. The van der Waals surface area contributed by atoms with Crippen LogP contribution in [0.5, 0.6) is 0 Å². The molecule has 1 fully saturated rings. The summed E-state index contributed by atoms with van der Waals surface area (Å²) < 4.78 is 0. The van der Waals surface area contributed by atoms with Crippen LogP contribution in [-0.4, -0.2) is 20.0 Å². The Morgan fingerprint density at radius 2 is 1.86 bits per heavy atom. The second kappa shape index (κ2) is 5.65. The lowest BCUT2D eigenvalue weighted by Crippen LogP contribution is -2.28. The summed E-state index contributed by atoms with van der Waals surface area (Å²) in [6, 6.07) is 15.5. The molecular weight excluding hydrogens is 296 g/mol. The summed E-state index contributed by atoms with van der Waals surface area (Å²) in [6.07, 6.45) is 1.69. The summed E-state index contributed by atoms with van der Waals surface area (Å²) in [7, 11) is 3.96. The van der Waals surface area contributed by atoms with Gasteiger partial charge in [-0.1, -0.05) is 35.9 Å². The first-order valence-electron chi connectivity index (χ1n) is 7.37. The standard InChI is InChI=1S/C18H19ClN2O/c1-21(2)14-7-5-6-13(12-14)20-17(22)18(10-11-18)15-8-3-4-9-16(15)19/h3-9,12H,10-11H2,1-2H3,(H,20,22). The molecule has 0 radical (unpaired) electrons. The van der Waals surface area contributed by atoms with E-state index in [9.17, 15) is 4.79 Å². The Kier molecular flexibility index (Phi) is 3.83. The third-order valence-corrected chi connectivity index (χ3v) is 4.52. The third kappa shape index (κ3) is 2.69. The van der Waals surface area contributed by atoms with E-state index in [4.69, 9.17) is 11.6 Å². The molecule has 1 N–H and O–H groups in total. The Labute approximate surface area is 135 Å². The van der Waals surface area contributed by atoms with E-state index in [0.29, 0.717) is 5.02 Å². The van der Waals surface area contributed by atoms with Crippen molar-refractivity contribution in [3.63, 3.8) is 0 Å². The first-order valence-corrected chi connectivity index (χ1v) is 7.74. The molecule has 0 aliphatic heterocycles. The molecule has 1 aliphatic carbocycles. The van der Waals surface area contributed by atoms with Gasteiger partial charge >= 0.3 is 0 Å². The minimum Gasteiger partial charge on any atom is -0.378 e. The maximum absolute atomic E-state index is 12.7. The van der Waals surface area contributed by atoms with Crippen LogP contribution in [0.1, 0.15) is 18.4 Å². The van der Waals surface area contributed by atoms with Gasteiger partial charge in [-0.15, -0.1) is 0 Å². The number of amides is 1. The number of nitrogens with zero attached hydrogens (tertiary/aromatic N) is 1. The van der Waals surface area contributed by atoms with Gasteiger partial charge in [-0.2, -0.15) is 0 Å².